The fraction of sp³-hybridized carbons (Fsp3) is 0.0476. The molecule has 5 heteroatoms. The van der Waals surface area contributed by atoms with E-state index in [4.69, 9.17) is 5.11 Å². The van der Waals surface area contributed by atoms with Gasteiger partial charge in [-0.3, -0.25) is 4.79 Å². The Hall–Kier alpha value is -3.44. The molecule has 0 bridgehead atoms. The van der Waals surface area contributed by atoms with Gasteiger partial charge in [0.05, 0.1) is 5.56 Å². The van der Waals surface area contributed by atoms with Crippen molar-refractivity contribution in [3.8, 4) is 0 Å². The van der Waals surface area contributed by atoms with Gasteiger partial charge in [0.1, 0.15) is 0 Å². The SMILES string of the molecule is O=C(O)c1ccc(NC(=O)C(O)(c2ccccc2)c2ccccc2)cc1. The van der Waals surface area contributed by atoms with E-state index in [1.165, 1.54) is 24.3 Å². The molecule has 0 aliphatic carbocycles. The topological polar surface area (TPSA) is 86.6 Å². The highest BCUT2D eigenvalue weighted by Gasteiger charge is 2.39. The van der Waals surface area contributed by atoms with Crippen LogP contribution >= 0.6 is 0 Å². The highest BCUT2D eigenvalue weighted by atomic mass is 16.4. The average molecular weight is 347 g/mol. The number of carboxylic acids is 1. The zero-order chi connectivity index (χ0) is 18.6. The van der Waals surface area contributed by atoms with Gasteiger partial charge in [0.2, 0.25) is 0 Å². The van der Waals surface area contributed by atoms with Gasteiger partial charge in [-0.25, -0.2) is 4.79 Å². The van der Waals surface area contributed by atoms with Crippen LogP contribution in [0.3, 0.4) is 0 Å². The second-order valence-corrected chi connectivity index (χ2v) is 5.78. The van der Waals surface area contributed by atoms with E-state index >= 15 is 0 Å². The lowest BCUT2D eigenvalue weighted by atomic mass is 9.85. The molecule has 0 atom stereocenters. The summed E-state index contributed by atoms with van der Waals surface area (Å²) in [6, 6.07) is 23.1. The zero-order valence-corrected chi connectivity index (χ0v) is 13.8. The van der Waals surface area contributed by atoms with Crippen LogP contribution in [0.25, 0.3) is 0 Å². The molecule has 0 saturated heterocycles. The molecule has 1 amide bonds. The molecule has 0 heterocycles. The Morgan fingerprint density at radius 3 is 1.62 bits per heavy atom. The largest absolute Gasteiger partial charge is 0.478 e. The minimum Gasteiger partial charge on any atom is -0.478 e. The van der Waals surface area contributed by atoms with Crippen molar-refractivity contribution in [2.24, 2.45) is 0 Å². The molecule has 3 N–H and O–H groups in total. The highest BCUT2D eigenvalue weighted by Crippen LogP contribution is 2.31. The molecule has 0 fully saturated rings. The van der Waals surface area contributed by atoms with Crippen molar-refractivity contribution in [3.05, 3.63) is 102 Å². The van der Waals surface area contributed by atoms with E-state index in [1.807, 2.05) is 0 Å². The van der Waals surface area contributed by atoms with Gasteiger partial charge in [-0.05, 0) is 35.4 Å². The van der Waals surface area contributed by atoms with Crippen molar-refractivity contribution in [1.82, 2.24) is 0 Å². The van der Waals surface area contributed by atoms with E-state index in [0.29, 0.717) is 16.8 Å². The van der Waals surface area contributed by atoms with Gasteiger partial charge >= 0.3 is 5.97 Å². The summed E-state index contributed by atoms with van der Waals surface area (Å²) in [5, 5.41) is 22.9. The van der Waals surface area contributed by atoms with Crippen molar-refractivity contribution in [3.63, 3.8) is 0 Å². The summed E-state index contributed by atoms with van der Waals surface area (Å²) in [5.74, 6) is -1.68. The van der Waals surface area contributed by atoms with Crippen LogP contribution in [0.5, 0.6) is 0 Å². The number of benzene rings is 3. The summed E-state index contributed by atoms with van der Waals surface area (Å²) >= 11 is 0. The van der Waals surface area contributed by atoms with Crippen molar-refractivity contribution < 1.29 is 19.8 Å². The monoisotopic (exact) mass is 347 g/mol. The zero-order valence-electron chi connectivity index (χ0n) is 13.8. The maximum absolute atomic E-state index is 13.0. The molecule has 0 saturated carbocycles. The van der Waals surface area contributed by atoms with E-state index < -0.39 is 17.5 Å². The molecule has 0 unspecified atom stereocenters. The maximum Gasteiger partial charge on any atom is 0.335 e. The summed E-state index contributed by atoms with van der Waals surface area (Å²) in [5.41, 5.74) is -0.500. The lowest BCUT2D eigenvalue weighted by Crippen LogP contribution is -2.41. The van der Waals surface area contributed by atoms with Crippen molar-refractivity contribution >= 4 is 17.6 Å². The number of aromatic carboxylic acids is 1. The molecule has 0 aliphatic heterocycles. The van der Waals surface area contributed by atoms with Gasteiger partial charge in [0.25, 0.3) is 5.91 Å². The number of anilines is 1. The van der Waals surface area contributed by atoms with Crippen LogP contribution in [0.1, 0.15) is 21.5 Å². The summed E-state index contributed by atoms with van der Waals surface area (Å²) in [6.45, 7) is 0. The van der Waals surface area contributed by atoms with Crippen molar-refractivity contribution in [1.29, 1.82) is 0 Å². The molecule has 0 spiro atoms. The first-order valence-corrected chi connectivity index (χ1v) is 8.00. The Balaban J connectivity index is 1.97. The van der Waals surface area contributed by atoms with Crippen LogP contribution in [0.15, 0.2) is 84.9 Å². The van der Waals surface area contributed by atoms with Crippen LogP contribution in [0.2, 0.25) is 0 Å². The molecular weight excluding hydrogens is 330 g/mol. The predicted octanol–water partition coefficient (Wildman–Crippen LogP) is 3.26. The van der Waals surface area contributed by atoms with E-state index in [2.05, 4.69) is 5.32 Å². The van der Waals surface area contributed by atoms with Gasteiger partial charge < -0.3 is 15.5 Å². The molecular formula is C21H17NO4. The summed E-state index contributed by atoms with van der Waals surface area (Å²) < 4.78 is 0. The standard InChI is InChI=1S/C21H17NO4/c23-19(24)15-11-13-18(14-12-15)22-20(25)21(26,16-7-3-1-4-8-16)17-9-5-2-6-10-17/h1-14,26H,(H,22,25)(H,23,24). The first kappa shape index (κ1) is 17.4. The first-order chi connectivity index (χ1) is 12.5. The van der Waals surface area contributed by atoms with Gasteiger partial charge in [0, 0.05) is 5.69 Å². The highest BCUT2D eigenvalue weighted by molar-refractivity contribution is 6.00. The summed E-state index contributed by atoms with van der Waals surface area (Å²) in [7, 11) is 0. The van der Waals surface area contributed by atoms with Crippen LogP contribution < -0.4 is 5.32 Å². The number of amides is 1. The molecule has 0 radical (unpaired) electrons. The third kappa shape index (κ3) is 3.34. The Bertz CT molecular complexity index is 866. The Kier molecular flexibility index (Phi) is 4.82. The number of carbonyl (C=O) groups is 2. The second-order valence-electron chi connectivity index (χ2n) is 5.78. The lowest BCUT2D eigenvalue weighted by Gasteiger charge is -2.28. The van der Waals surface area contributed by atoms with Crippen LogP contribution in [0, 0.1) is 0 Å². The van der Waals surface area contributed by atoms with Gasteiger partial charge in [0.15, 0.2) is 5.60 Å². The number of nitrogens with one attached hydrogen (secondary N) is 1. The molecule has 0 aromatic heterocycles. The fourth-order valence-electron chi connectivity index (χ4n) is 2.71. The molecule has 5 nitrogen and oxygen atoms in total. The lowest BCUT2D eigenvalue weighted by molar-refractivity contribution is -0.131. The number of hydrogen-bond donors (Lipinski definition) is 3. The van der Waals surface area contributed by atoms with E-state index in [9.17, 15) is 14.7 Å². The van der Waals surface area contributed by atoms with Gasteiger partial charge in [-0.2, -0.15) is 0 Å². The third-order valence-corrected chi connectivity index (χ3v) is 4.10. The smallest absolute Gasteiger partial charge is 0.335 e. The second kappa shape index (κ2) is 7.21. The minimum atomic E-state index is -1.88. The Labute approximate surface area is 150 Å². The molecule has 3 aromatic rings. The van der Waals surface area contributed by atoms with Crippen LogP contribution in [-0.4, -0.2) is 22.1 Å². The number of aliphatic hydroxyl groups is 1. The number of carboxylic acid groups (broad SMARTS) is 1. The van der Waals surface area contributed by atoms with E-state index in [0.717, 1.165) is 0 Å². The van der Waals surface area contributed by atoms with Crippen molar-refractivity contribution in [2.45, 2.75) is 5.60 Å². The summed E-state index contributed by atoms with van der Waals surface area (Å²) in [6.07, 6.45) is 0. The molecule has 3 rings (SSSR count). The third-order valence-electron chi connectivity index (χ3n) is 4.10. The first-order valence-electron chi connectivity index (χ1n) is 8.00. The van der Waals surface area contributed by atoms with E-state index in [-0.39, 0.29) is 5.56 Å². The average Bonchev–Trinajstić information content (AvgIpc) is 2.69. The Morgan fingerprint density at radius 1 is 0.731 bits per heavy atom. The normalized spacial score (nSPS) is 11.0. The summed E-state index contributed by atoms with van der Waals surface area (Å²) in [4.78, 5) is 23.9. The Morgan fingerprint density at radius 2 is 1.19 bits per heavy atom. The van der Waals surface area contributed by atoms with Crippen molar-refractivity contribution in [2.75, 3.05) is 5.32 Å². The molecule has 26 heavy (non-hydrogen) atoms. The van der Waals surface area contributed by atoms with Crippen LogP contribution in [-0.2, 0) is 10.4 Å². The number of carbonyl (C=O) groups excluding carboxylic acids is 1. The quantitative estimate of drug-likeness (QED) is 0.661. The molecule has 0 aliphatic rings. The predicted molar refractivity (Wildman–Crippen MR) is 97.9 cm³/mol. The maximum atomic E-state index is 13.0. The molecule has 130 valence electrons. The molecule has 3 aromatic carbocycles. The minimum absolute atomic E-state index is 0.115. The number of hydrogen-bond acceptors (Lipinski definition) is 3. The van der Waals surface area contributed by atoms with Gasteiger partial charge in [-0.15, -0.1) is 0 Å². The van der Waals surface area contributed by atoms with Gasteiger partial charge in [-0.1, -0.05) is 60.7 Å². The fourth-order valence-corrected chi connectivity index (χ4v) is 2.71. The number of rotatable bonds is 5. The van der Waals surface area contributed by atoms with Crippen LogP contribution in [0.4, 0.5) is 5.69 Å². The van der Waals surface area contributed by atoms with E-state index in [1.54, 1.807) is 60.7 Å².